The Morgan fingerprint density at radius 1 is 1.38 bits per heavy atom. The van der Waals surface area contributed by atoms with Crippen molar-refractivity contribution in [3.63, 3.8) is 0 Å². The molecule has 1 heterocycles. The molecule has 0 saturated heterocycles. The third kappa shape index (κ3) is 3.79. The van der Waals surface area contributed by atoms with Gasteiger partial charge in [0.2, 0.25) is 0 Å². The second kappa shape index (κ2) is 7.36. The Balaban J connectivity index is 1.77. The van der Waals surface area contributed by atoms with E-state index in [0.29, 0.717) is 18.8 Å². The molecule has 24 heavy (non-hydrogen) atoms. The van der Waals surface area contributed by atoms with Crippen molar-refractivity contribution in [2.45, 2.75) is 24.9 Å². The molecule has 0 unspecified atom stereocenters. The Morgan fingerprint density at radius 3 is 3.00 bits per heavy atom. The van der Waals surface area contributed by atoms with E-state index >= 15 is 0 Å². The third-order valence-corrected chi connectivity index (χ3v) is 5.12. The molecular weight excluding hydrogens is 325 g/mol. The zero-order valence-corrected chi connectivity index (χ0v) is 14.2. The minimum absolute atomic E-state index is 0.0990. The van der Waals surface area contributed by atoms with Crippen LogP contribution in [0, 0.1) is 5.82 Å². The van der Waals surface area contributed by atoms with Crippen LogP contribution in [-0.4, -0.2) is 30.0 Å². The monoisotopic (exact) mass is 348 g/mol. The number of ketones is 1. The van der Waals surface area contributed by atoms with Crippen LogP contribution in [0.25, 0.3) is 0 Å². The maximum absolute atomic E-state index is 14.1. The average molecular weight is 348 g/mol. The van der Waals surface area contributed by atoms with Crippen LogP contribution in [0.3, 0.4) is 0 Å². The second-order valence-electron chi connectivity index (χ2n) is 5.80. The lowest BCUT2D eigenvalue weighted by atomic mass is 10.1. The summed E-state index contributed by atoms with van der Waals surface area (Å²) >= 11 is 1.70. The molecule has 0 spiro atoms. The highest BCUT2D eigenvalue weighted by Crippen LogP contribution is 2.31. The van der Waals surface area contributed by atoms with E-state index in [1.54, 1.807) is 30.0 Å². The Labute approximate surface area is 150 Å². The number of ether oxygens (including phenoxy) is 1. The summed E-state index contributed by atoms with van der Waals surface area (Å²) in [6, 6.07) is 10.0. The molecule has 3 nitrogen and oxygen atoms in total. The summed E-state index contributed by atoms with van der Waals surface area (Å²) in [5.74, 6) is 0.396. The van der Waals surface area contributed by atoms with Crippen molar-refractivity contribution < 1.29 is 18.0 Å². The summed E-state index contributed by atoms with van der Waals surface area (Å²) in [4.78, 5) is 14.6. The number of carbonyl (C=O) groups is 1. The lowest BCUT2D eigenvalue weighted by Gasteiger charge is -2.20. The van der Waals surface area contributed by atoms with Crippen molar-refractivity contribution in [2.24, 2.45) is 0 Å². The fraction of sp³-hybridized carbons (Fsp3) is 0.316. The number of fused-ring (bicyclic) bond motifs is 1. The van der Waals surface area contributed by atoms with E-state index in [0.717, 1.165) is 28.3 Å². The number of hydrogen-bond donors (Lipinski definition) is 0. The van der Waals surface area contributed by atoms with E-state index < -0.39 is 12.9 Å². The van der Waals surface area contributed by atoms with Crippen LogP contribution < -0.4 is 4.74 Å². The molecule has 1 aliphatic heterocycles. The first-order chi connectivity index (χ1) is 12.7. The first-order valence-electron chi connectivity index (χ1n) is 9.18. The van der Waals surface area contributed by atoms with Gasteiger partial charge in [-0.15, -0.1) is 11.8 Å². The zero-order valence-electron chi connectivity index (χ0n) is 16.3. The number of halogens is 1. The minimum Gasteiger partial charge on any atom is -0.497 e. The topological polar surface area (TPSA) is 29.5 Å². The quantitative estimate of drug-likeness (QED) is 0.777. The van der Waals surface area contributed by atoms with Crippen LogP contribution in [0.15, 0.2) is 41.3 Å². The van der Waals surface area contributed by atoms with Crippen LogP contribution >= 0.6 is 11.8 Å². The van der Waals surface area contributed by atoms with E-state index in [-0.39, 0.29) is 11.3 Å². The van der Waals surface area contributed by atoms with E-state index in [4.69, 9.17) is 8.85 Å². The molecule has 0 fully saturated rings. The number of methoxy groups -OCH3 is 1. The predicted molar refractivity (Wildman–Crippen MR) is 94.2 cm³/mol. The van der Waals surface area contributed by atoms with E-state index in [1.807, 2.05) is 6.07 Å². The van der Waals surface area contributed by atoms with Crippen LogP contribution in [0.2, 0.25) is 0 Å². The van der Waals surface area contributed by atoms with Gasteiger partial charge >= 0.3 is 0 Å². The van der Waals surface area contributed by atoms with Gasteiger partial charge < -0.3 is 4.74 Å². The van der Waals surface area contributed by atoms with Gasteiger partial charge in [0, 0.05) is 30.3 Å². The molecule has 0 atom stereocenters. The van der Waals surface area contributed by atoms with Gasteiger partial charge in [0.15, 0.2) is 5.78 Å². The molecule has 0 bridgehead atoms. The first-order valence-corrected chi connectivity index (χ1v) is 8.66. The molecule has 0 saturated carbocycles. The van der Waals surface area contributed by atoms with Gasteiger partial charge in [0.1, 0.15) is 11.6 Å². The molecule has 2 aromatic rings. The van der Waals surface area contributed by atoms with Gasteiger partial charge in [-0.3, -0.25) is 9.69 Å². The Bertz CT molecular complexity index is 857. The Hall–Kier alpha value is -1.85. The smallest absolute Gasteiger partial charge is 0.162 e. The highest BCUT2D eigenvalue weighted by Gasteiger charge is 2.17. The SMILES string of the molecule is [2H]C([2H])([2H])Oc1ccc2c(c1)CN(Cc1ccc(C(C)=O)c(F)c1)CCS2. The van der Waals surface area contributed by atoms with E-state index in [9.17, 15) is 9.18 Å². The van der Waals surface area contributed by atoms with Crippen LogP contribution in [0.5, 0.6) is 5.75 Å². The number of benzene rings is 2. The minimum atomic E-state index is -2.48. The lowest BCUT2D eigenvalue weighted by Crippen LogP contribution is -2.24. The maximum atomic E-state index is 14.1. The van der Waals surface area contributed by atoms with Crippen molar-refractivity contribution in [3.8, 4) is 5.75 Å². The summed E-state index contributed by atoms with van der Waals surface area (Å²) in [6.45, 7) is 3.31. The van der Waals surface area contributed by atoms with Crippen LogP contribution in [-0.2, 0) is 13.1 Å². The summed E-state index contributed by atoms with van der Waals surface area (Å²) in [6.07, 6.45) is 0. The molecular formula is C19H20FNO2S. The number of nitrogens with zero attached hydrogens (tertiary/aromatic N) is 1. The molecule has 1 aliphatic rings. The standard InChI is InChI=1S/C19H20FNO2S/c1-13(22)17-5-3-14(9-18(17)20)11-21-7-8-24-19-6-4-16(23-2)10-15(19)12-21/h3-6,9-10H,7-8,11-12H2,1-2H3/i2D3. The third-order valence-electron chi connectivity index (χ3n) is 4.03. The Kier molecular flexibility index (Phi) is 4.12. The molecule has 0 radical (unpaired) electrons. The normalized spacial score (nSPS) is 17.2. The highest BCUT2D eigenvalue weighted by atomic mass is 32.2. The van der Waals surface area contributed by atoms with Crippen molar-refractivity contribution in [1.29, 1.82) is 0 Å². The fourth-order valence-electron chi connectivity index (χ4n) is 2.82. The summed E-state index contributed by atoms with van der Waals surface area (Å²) in [5.41, 5.74) is 1.88. The van der Waals surface area contributed by atoms with Gasteiger partial charge in [-0.05, 0) is 48.4 Å². The molecule has 0 aliphatic carbocycles. The number of thioether (sulfide) groups is 1. The highest BCUT2D eigenvalue weighted by molar-refractivity contribution is 7.99. The largest absolute Gasteiger partial charge is 0.497 e. The van der Waals surface area contributed by atoms with Crippen molar-refractivity contribution >= 4 is 17.5 Å². The molecule has 126 valence electrons. The van der Waals surface area contributed by atoms with Gasteiger partial charge in [0.25, 0.3) is 0 Å². The molecule has 3 rings (SSSR count). The maximum Gasteiger partial charge on any atom is 0.162 e. The van der Waals surface area contributed by atoms with E-state index in [1.165, 1.54) is 19.1 Å². The van der Waals surface area contributed by atoms with Gasteiger partial charge in [-0.1, -0.05) is 6.07 Å². The number of carbonyl (C=O) groups excluding carboxylic acids is 1. The molecule has 5 heteroatoms. The molecule has 0 amide bonds. The number of rotatable bonds is 4. The number of Topliss-reactive ketones (excluding diaryl/α,β-unsaturated/α-hetero) is 1. The first kappa shape index (κ1) is 13.4. The van der Waals surface area contributed by atoms with Gasteiger partial charge in [-0.25, -0.2) is 4.39 Å². The predicted octanol–water partition coefficient (Wildman–Crippen LogP) is 4.14. The van der Waals surface area contributed by atoms with Crippen LogP contribution in [0.1, 0.15) is 32.5 Å². The fourth-order valence-corrected chi connectivity index (χ4v) is 3.87. The van der Waals surface area contributed by atoms with Crippen molar-refractivity contribution in [1.82, 2.24) is 4.90 Å². The number of hydrogen-bond acceptors (Lipinski definition) is 4. The Morgan fingerprint density at radius 2 is 2.25 bits per heavy atom. The molecule has 0 aromatic heterocycles. The summed E-state index contributed by atoms with van der Waals surface area (Å²) < 4.78 is 40.8. The second-order valence-corrected chi connectivity index (χ2v) is 6.94. The van der Waals surface area contributed by atoms with Gasteiger partial charge in [0.05, 0.1) is 16.7 Å². The lowest BCUT2D eigenvalue weighted by molar-refractivity contribution is 0.101. The van der Waals surface area contributed by atoms with Gasteiger partial charge in [-0.2, -0.15) is 0 Å². The zero-order chi connectivity index (χ0) is 19.6. The molecule has 0 N–H and O–H groups in total. The summed E-state index contributed by atoms with van der Waals surface area (Å²) in [7, 11) is -2.48. The summed E-state index contributed by atoms with van der Waals surface area (Å²) in [5, 5.41) is 0. The van der Waals surface area contributed by atoms with Crippen LogP contribution in [0.4, 0.5) is 4.39 Å². The average Bonchev–Trinajstić information content (AvgIpc) is 2.74. The van der Waals surface area contributed by atoms with E-state index in [2.05, 4.69) is 4.90 Å². The molecule has 2 aromatic carbocycles. The van der Waals surface area contributed by atoms with Crippen molar-refractivity contribution in [3.05, 3.63) is 58.9 Å². The van der Waals surface area contributed by atoms with Crippen molar-refractivity contribution in [2.75, 3.05) is 19.3 Å².